The van der Waals surface area contributed by atoms with Crippen LogP contribution in [0.2, 0.25) is 4.34 Å². The molecule has 5 aromatic heterocycles. The molecule has 0 aliphatic carbocycles. The third kappa shape index (κ3) is 4.84. The Morgan fingerprint density at radius 2 is 2.11 bits per heavy atom. The number of Topliss-reactive ketones (excluding diaryl/α,β-unsaturated/α-hetero) is 1. The van der Waals surface area contributed by atoms with Crippen molar-refractivity contribution in [3.05, 3.63) is 85.0 Å². The second kappa shape index (κ2) is 9.89. The van der Waals surface area contributed by atoms with Gasteiger partial charge in [-0.1, -0.05) is 11.6 Å². The van der Waals surface area contributed by atoms with Crippen LogP contribution >= 0.6 is 34.3 Å². The molecule has 2 N–H and O–H groups in total. The maximum Gasteiger partial charge on any atom is 0.301 e. The van der Waals surface area contributed by atoms with E-state index in [0.29, 0.717) is 27.1 Å². The van der Waals surface area contributed by atoms with E-state index in [2.05, 4.69) is 20.4 Å². The van der Waals surface area contributed by atoms with Gasteiger partial charge in [-0.3, -0.25) is 19.4 Å². The number of anilines is 1. The summed E-state index contributed by atoms with van der Waals surface area (Å²) >= 11 is 8.55. The quantitative estimate of drug-likeness (QED) is 0.280. The molecule has 14 heteroatoms. The molecule has 0 aliphatic heterocycles. The first kappa shape index (κ1) is 23.7. The molecule has 5 aromatic rings. The molecule has 5 heterocycles. The number of aromatic nitrogens is 5. The normalized spacial score (nSPS) is 11.0. The Bertz CT molecular complexity index is 1600. The van der Waals surface area contributed by atoms with E-state index in [9.17, 15) is 19.5 Å². The summed E-state index contributed by atoms with van der Waals surface area (Å²) in [6, 6.07) is 6.44. The number of thiazole rings is 1. The monoisotopic (exact) mass is 542 g/mol. The van der Waals surface area contributed by atoms with Crippen molar-refractivity contribution in [2.75, 3.05) is 5.32 Å². The predicted molar refractivity (Wildman–Crippen MR) is 133 cm³/mol. The summed E-state index contributed by atoms with van der Waals surface area (Å²) in [4.78, 5) is 47.1. The fraction of sp³-hybridized carbons (Fsp3) is 0.0909. The van der Waals surface area contributed by atoms with Crippen LogP contribution < -0.4 is 10.9 Å². The molecule has 0 fully saturated rings. The highest BCUT2D eigenvalue weighted by molar-refractivity contribution is 7.16. The SMILES string of the molecule is O=C(Cn1cc(-c2cc(NCc3ccc(Cl)s3)n(C(=O)c3cocn3)n2)cc(O)c1=O)c1cncs1. The zero-order valence-electron chi connectivity index (χ0n) is 18.1. The molecule has 5 rings (SSSR count). The van der Waals surface area contributed by atoms with E-state index in [0.717, 1.165) is 31.9 Å². The van der Waals surface area contributed by atoms with Crippen molar-refractivity contribution < 1.29 is 19.1 Å². The smallest absolute Gasteiger partial charge is 0.301 e. The van der Waals surface area contributed by atoms with E-state index in [-0.39, 0.29) is 23.7 Å². The van der Waals surface area contributed by atoms with Crippen molar-refractivity contribution in [1.29, 1.82) is 0 Å². The van der Waals surface area contributed by atoms with Gasteiger partial charge < -0.3 is 19.4 Å². The minimum absolute atomic E-state index is 0.0369. The van der Waals surface area contributed by atoms with Crippen LogP contribution in [-0.4, -0.2) is 41.1 Å². The van der Waals surface area contributed by atoms with Crippen LogP contribution in [0.15, 0.2) is 64.0 Å². The molecular formula is C22H15ClN6O5S2. The van der Waals surface area contributed by atoms with Crippen LogP contribution in [0.3, 0.4) is 0 Å². The molecule has 0 unspecified atom stereocenters. The number of rotatable bonds is 8. The molecule has 0 spiro atoms. The van der Waals surface area contributed by atoms with Crippen LogP contribution in [0, 0.1) is 0 Å². The predicted octanol–water partition coefficient (Wildman–Crippen LogP) is 3.76. The van der Waals surface area contributed by atoms with Gasteiger partial charge in [0.25, 0.3) is 5.56 Å². The number of nitrogens with one attached hydrogen (secondary N) is 1. The number of carbonyl (C=O) groups excluding carboxylic acids is 2. The van der Waals surface area contributed by atoms with Crippen LogP contribution in [-0.2, 0) is 13.1 Å². The molecule has 0 aliphatic rings. The van der Waals surface area contributed by atoms with Crippen molar-refractivity contribution in [1.82, 2.24) is 24.3 Å². The molecule has 0 saturated carbocycles. The summed E-state index contributed by atoms with van der Waals surface area (Å²) in [5.74, 6) is -1.12. The van der Waals surface area contributed by atoms with Crippen LogP contribution in [0.25, 0.3) is 11.3 Å². The summed E-state index contributed by atoms with van der Waals surface area (Å²) in [6.45, 7) is 0.0635. The first-order valence-corrected chi connectivity index (χ1v) is 12.3. The van der Waals surface area contributed by atoms with Gasteiger partial charge in [0.05, 0.1) is 33.5 Å². The van der Waals surface area contributed by atoms with Gasteiger partial charge in [0.15, 0.2) is 23.6 Å². The molecule has 36 heavy (non-hydrogen) atoms. The van der Waals surface area contributed by atoms with E-state index >= 15 is 0 Å². The van der Waals surface area contributed by atoms with Gasteiger partial charge in [-0.05, 0) is 18.2 Å². The summed E-state index contributed by atoms with van der Waals surface area (Å²) in [7, 11) is 0. The summed E-state index contributed by atoms with van der Waals surface area (Å²) < 4.78 is 7.75. The molecule has 0 amide bonds. The van der Waals surface area contributed by atoms with Gasteiger partial charge in [0, 0.05) is 28.9 Å². The Balaban J connectivity index is 1.51. The minimum atomic E-state index is -0.734. The topological polar surface area (TPSA) is 145 Å². The zero-order chi connectivity index (χ0) is 25.2. The number of halogens is 1. The lowest BCUT2D eigenvalue weighted by atomic mass is 10.2. The lowest BCUT2D eigenvalue weighted by molar-refractivity contribution is 0.0941. The van der Waals surface area contributed by atoms with E-state index < -0.39 is 17.2 Å². The van der Waals surface area contributed by atoms with Crippen LogP contribution in [0.1, 0.15) is 25.0 Å². The fourth-order valence-corrected chi connectivity index (χ4v) is 4.90. The number of nitrogens with zero attached hydrogens (tertiary/aromatic N) is 5. The van der Waals surface area contributed by atoms with E-state index in [4.69, 9.17) is 16.0 Å². The third-order valence-electron chi connectivity index (χ3n) is 5.01. The number of oxazole rings is 1. The highest BCUT2D eigenvalue weighted by Gasteiger charge is 2.21. The van der Waals surface area contributed by atoms with E-state index in [1.807, 2.05) is 6.07 Å². The van der Waals surface area contributed by atoms with Gasteiger partial charge in [0.2, 0.25) is 0 Å². The van der Waals surface area contributed by atoms with E-state index in [1.165, 1.54) is 41.6 Å². The van der Waals surface area contributed by atoms with Crippen molar-refractivity contribution in [2.45, 2.75) is 13.1 Å². The highest BCUT2D eigenvalue weighted by Crippen LogP contribution is 2.26. The maximum atomic E-state index is 13.0. The lowest BCUT2D eigenvalue weighted by Crippen LogP contribution is -2.23. The first-order chi connectivity index (χ1) is 17.4. The molecule has 0 atom stereocenters. The number of aromatic hydroxyl groups is 1. The lowest BCUT2D eigenvalue weighted by Gasteiger charge is -2.07. The Morgan fingerprint density at radius 1 is 1.25 bits per heavy atom. The van der Waals surface area contributed by atoms with Crippen molar-refractivity contribution in [3.8, 4) is 17.0 Å². The second-order valence-electron chi connectivity index (χ2n) is 7.40. The third-order valence-corrected chi connectivity index (χ3v) is 7.06. The van der Waals surface area contributed by atoms with Gasteiger partial charge in [-0.2, -0.15) is 9.78 Å². The number of hydrogen-bond donors (Lipinski definition) is 2. The molecule has 0 radical (unpaired) electrons. The Kier molecular flexibility index (Phi) is 6.50. The fourth-order valence-electron chi connectivity index (χ4n) is 3.32. The summed E-state index contributed by atoms with van der Waals surface area (Å²) in [5, 5.41) is 17.8. The number of hydrogen-bond acceptors (Lipinski definition) is 11. The maximum absolute atomic E-state index is 13.0. The van der Waals surface area contributed by atoms with Crippen LogP contribution in [0.4, 0.5) is 5.82 Å². The van der Waals surface area contributed by atoms with Gasteiger partial charge in [-0.25, -0.2) is 4.98 Å². The van der Waals surface area contributed by atoms with Crippen molar-refractivity contribution >= 4 is 51.8 Å². The number of thiophene rings is 1. The van der Waals surface area contributed by atoms with Gasteiger partial charge >= 0.3 is 5.91 Å². The highest BCUT2D eigenvalue weighted by atomic mass is 35.5. The molecule has 0 saturated heterocycles. The molecule has 0 aromatic carbocycles. The standard InChI is InChI=1S/C22H15ClN6O5S2/c23-19-2-1-13(36-19)5-25-20-4-14(27-29(20)21(32)15-9-34-10-26-15)12-3-16(30)22(33)28(7-12)8-17(31)18-6-24-11-35-18/h1-4,6-7,9-11,25,30H,5,8H2. The number of ketones is 1. The van der Waals surface area contributed by atoms with E-state index in [1.54, 1.807) is 12.1 Å². The largest absolute Gasteiger partial charge is 0.503 e. The number of carbonyl (C=O) groups is 2. The average Bonchev–Trinajstić information content (AvgIpc) is 3.67. The van der Waals surface area contributed by atoms with Gasteiger partial charge in [-0.15, -0.1) is 22.7 Å². The first-order valence-electron chi connectivity index (χ1n) is 10.3. The molecular weight excluding hydrogens is 528 g/mol. The summed E-state index contributed by atoms with van der Waals surface area (Å²) in [5.41, 5.74) is 1.41. The Morgan fingerprint density at radius 3 is 2.81 bits per heavy atom. The zero-order valence-corrected chi connectivity index (χ0v) is 20.5. The Hall–Kier alpha value is -4.07. The number of pyridine rings is 1. The second-order valence-corrected chi connectivity index (χ2v) is 10.1. The molecule has 0 bridgehead atoms. The van der Waals surface area contributed by atoms with Crippen molar-refractivity contribution in [2.24, 2.45) is 0 Å². The molecule has 182 valence electrons. The molecule has 11 nitrogen and oxygen atoms in total. The summed E-state index contributed by atoms with van der Waals surface area (Å²) in [6.07, 6.45) is 5.14. The van der Waals surface area contributed by atoms with Gasteiger partial charge in [0.1, 0.15) is 12.1 Å². The minimum Gasteiger partial charge on any atom is -0.503 e. The average molecular weight is 543 g/mol. The van der Waals surface area contributed by atoms with Crippen LogP contribution in [0.5, 0.6) is 5.75 Å². The Labute approximate surface area is 215 Å². The van der Waals surface area contributed by atoms with Crippen molar-refractivity contribution in [3.63, 3.8) is 0 Å².